The minimum absolute atomic E-state index is 0.853. The summed E-state index contributed by atoms with van der Waals surface area (Å²) >= 11 is 0. The summed E-state index contributed by atoms with van der Waals surface area (Å²) in [6.45, 7) is 3.04. The number of rotatable bonds is 5. The van der Waals surface area contributed by atoms with E-state index in [1.165, 1.54) is 19.3 Å². The highest BCUT2D eigenvalue weighted by Gasteiger charge is 1.86. The van der Waals surface area contributed by atoms with Gasteiger partial charge in [-0.1, -0.05) is 19.8 Å². The van der Waals surface area contributed by atoms with Crippen LogP contribution >= 0.6 is 0 Å². The third-order valence-electron chi connectivity index (χ3n) is 1.15. The lowest BCUT2D eigenvalue weighted by Gasteiger charge is -1.95. The zero-order valence-electron chi connectivity index (χ0n) is 7.26. The van der Waals surface area contributed by atoms with E-state index in [0.29, 0.717) is 0 Å². The SMILES string of the molecule is CCCCCOC=[N+](C)C. The molecule has 0 bridgehead atoms. The van der Waals surface area contributed by atoms with Crippen LogP contribution in [0, 0.1) is 0 Å². The van der Waals surface area contributed by atoms with Crippen molar-refractivity contribution in [2.75, 3.05) is 20.7 Å². The van der Waals surface area contributed by atoms with E-state index in [-0.39, 0.29) is 0 Å². The summed E-state index contributed by atoms with van der Waals surface area (Å²) in [5, 5.41) is 0. The molecule has 0 atom stereocenters. The number of nitrogens with zero attached hydrogens (tertiary/aromatic N) is 1. The molecule has 0 radical (unpaired) electrons. The van der Waals surface area contributed by atoms with Crippen LogP contribution in [0.3, 0.4) is 0 Å². The van der Waals surface area contributed by atoms with Gasteiger partial charge in [-0.3, -0.25) is 0 Å². The summed E-state index contributed by atoms with van der Waals surface area (Å²) in [7, 11) is 3.92. The van der Waals surface area contributed by atoms with Gasteiger partial charge in [0.05, 0.1) is 6.61 Å². The summed E-state index contributed by atoms with van der Waals surface area (Å²) < 4.78 is 7.11. The van der Waals surface area contributed by atoms with E-state index >= 15 is 0 Å². The molecule has 0 saturated carbocycles. The Morgan fingerprint density at radius 1 is 1.30 bits per heavy atom. The van der Waals surface area contributed by atoms with Crippen LogP contribution in [0.5, 0.6) is 0 Å². The average molecular weight is 144 g/mol. The van der Waals surface area contributed by atoms with Crippen molar-refractivity contribution in [3.8, 4) is 0 Å². The van der Waals surface area contributed by atoms with Gasteiger partial charge in [0.1, 0.15) is 14.1 Å². The van der Waals surface area contributed by atoms with Gasteiger partial charge < -0.3 is 4.74 Å². The summed E-state index contributed by atoms with van der Waals surface area (Å²) in [6.07, 6.45) is 5.43. The topological polar surface area (TPSA) is 12.2 Å². The number of ether oxygens (including phenoxy) is 1. The van der Waals surface area contributed by atoms with Gasteiger partial charge in [-0.25, -0.2) is 4.58 Å². The van der Waals surface area contributed by atoms with Crippen molar-refractivity contribution in [3.63, 3.8) is 0 Å². The van der Waals surface area contributed by atoms with Crippen molar-refractivity contribution >= 4 is 6.40 Å². The fourth-order valence-corrected chi connectivity index (χ4v) is 0.637. The summed E-state index contributed by atoms with van der Waals surface area (Å²) in [5.74, 6) is 0. The van der Waals surface area contributed by atoms with E-state index in [0.717, 1.165) is 6.61 Å². The van der Waals surface area contributed by atoms with Gasteiger partial charge in [0.2, 0.25) is 0 Å². The maximum Gasteiger partial charge on any atom is 0.323 e. The largest absolute Gasteiger partial charge is 0.450 e. The molecule has 0 amide bonds. The Labute approximate surface area is 63.5 Å². The molecule has 0 N–H and O–H groups in total. The third kappa shape index (κ3) is 7.47. The molecule has 0 fully saturated rings. The Balaban J connectivity index is 2.98. The van der Waals surface area contributed by atoms with Crippen LogP contribution in [0.2, 0.25) is 0 Å². The molecule has 0 aromatic carbocycles. The lowest BCUT2D eigenvalue weighted by Crippen LogP contribution is -2.03. The van der Waals surface area contributed by atoms with Crippen molar-refractivity contribution < 1.29 is 9.31 Å². The first-order valence-corrected chi connectivity index (χ1v) is 3.88. The molecule has 0 rings (SSSR count). The molecule has 0 saturated heterocycles. The van der Waals surface area contributed by atoms with Gasteiger partial charge in [-0.05, 0) is 6.42 Å². The van der Waals surface area contributed by atoms with Gasteiger partial charge in [0.15, 0.2) is 0 Å². The van der Waals surface area contributed by atoms with Crippen LogP contribution in [0.15, 0.2) is 0 Å². The molecule has 0 aromatic rings. The van der Waals surface area contributed by atoms with Gasteiger partial charge in [-0.15, -0.1) is 0 Å². The first-order valence-electron chi connectivity index (χ1n) is 3.88. The zero-order valence-corrected chi connectivity index (χ0v) is 7.26. The van der Waals surface area contributed by atoms with Crippen LogP contribution < -0.4 is 0 Å². The van der Waals surface area contributed by atoms with Crippen molar-refractivity contribution in [2.24, 2.45) is 0 Å². The normalized spacial score (nSPS) is 9.10. The Morgan fingerprint density at radius 3 is 2.50 bits per heavy atom. The third-order valence-corrected chi connectivity index (χ3v) is 1.15. The maximum absolute atomic E-state index is 5.20. The molecule has 0 heterocycles. The molecule has 2 heteroatoms. The quantitative estimate of drug-likeness (QED) is 0.246. The second-order valence-electron chi connectivity index (χ2n) is 2.65. The molecule has 60 valence electrons. The van der Waals surface area contributed by atoms with Crippen LogP contribution in [0.25, 0.3) is 0 Å². The highest BCUT2D eigenvalue weighted by Crippen LogP contribution is 1.92. The highest BCUT2D eigenvalue weighted by molar-refractivity contribution is 5.38. The lowest BCUT2D eigenvalue weighted by molar-refractivity contribution is -0.468. The molecule has 0 aliphatic rings. The molecule has 0 aliphatic carbocycles. The van der Waals surface area contributed by atoms with E-state index in [4.69, 9.17) is 4.74 Å². The summed E-state index contributed by atoms with van der Waals surface area (Å²) in [6, 6.07) is 0. The van der Waals surface area contributed by atoms with Crippen molar-refractivity contribution in [1.82, 2.24) is 0 Å². The summed E-state index contributed by atoms with van der Waals surface area (Å²) in [4.78, 5) is 0. The first-order chi connectivity index (χ1) is 4.77. The first kappa shape index (κ1) is 9.47. The highest BCUT2D eigenvalue weighted by atomic mass is 16.5. The Kier molecular flexibility index (Phi) is 6.24. The fraction of sp³-hybridized carbons (Fsp3) is 0.875. The molecule has 2 nitrogen and oxygen atoms in total. The van der Waals surface area contributed by atoms with E-state index in [2.05, 4.69) is 6.92 Å². The Morgan fingerprint density at radius 2 is 2.00 bits per heavy atom. The molecular formula is C8H18NO+. The van der Waals surface area contributed by atoms with Gasteiger partial charge in [0.25, 0.3) is 0 Å². The monoisotopic (exact) mass is 144 g/mol. The van der Waals surface area contributed by atoms with Gasteiger partial charge >= 0.3 is 6.40 Å². The number of hydrogen-bond acceptors (Lipinski definition) is 1. The van der Waals surface area contributed by atoms with Crippen LogP contribution in [-0.2, 0) is 4.74 Å². The molecule has 0 aromatic heterocycles. The predicted octanol–water partition coefficient (Wildman–Crippen LogP) is 1.49. The van der Waals surface area contributed by atoms with Crippen molar-refractivity contribution in [2.45, 2.75) is 26.2 Å². The van der Waals surface area contributed by atoms with E-state index in [9.17, 15) is 0 Å². The second-order valence-corrected chi connectivity index (χ2v) is 2.65. The van der Waals surface area contributed by atoms with Crippen LogP contribution in [0.1, 0.15) is 26.2 Å². The molecule has 0 unspecified atom stereocenters. The van der Waals surface area contributed by atoms with Crippen molar-refractivity contribution in [3.05, 3.63) is 0 Å². The molecule has 0 spiro atoms. The maximum atomic E-state index is 5.20. The second kappa shape index (κ2) is 6.59. The number of hydrogen-bond donors (Lipinski definition) is 0. The van der Waals surface area contributed by atoms with Crippen molar-refractivity contribution in [1.29, 1.82) is 0 Å². The molecule has 10 heavy (non-hydrogen) atoms. The smallest absolute Gasteiger partial charge is 0.323 e. The van der Waals surface area contributed by atoms with Crippen LogP contribution in [-0.4, -0.2) is 31.7 Å². The standard InChI is InChI=1S/C8H18NO/c1-4-5-6-7-10-8-9(2)3/h8H,4-7H2,1-3H3/q+1. The predicted molar refractivity (Wildman–Crippen MR) is 43.6 cm³/mol. The van der Waals surface area contributed by atoms with Gasteiger partial charge in [0, 0.05) is 0 Å². The lowest BCUT2D eigenvalue weighted by atomic mass is 10.3. The Hall–Kier alpha value is -0.530. The minimum Gasteiger partial charge on any atom is -0.450 e. The molecular weight excluding hydrogens is 126 g/mol. The van der Waals surface area contributed by atoms with E-state index < -0.39 is 0 Å². The Bertz CT molecular complexity index is 95.4. The minimum atomic E-state index is 0.853. The molecule has 0 aliphatic heterocycles. The fourth-order valence-electron chi connectivity index (χ4n) is 0.637. The average Bonchev–Trinajstić information content (AvgIpc) is 1.87. The van der Waals surface area contributed by atoms with E-state index in [1.54, 1.807) is 6.40 Å². The van der Waals surface area contributed by atoms with Crippen LogP contribution in [0.4, 0.5) is 0 Å². The van der Waals surface area contributed by atoms with E-state index in [1.807, 2.05) is 18.7 Å². The number of unbranched alkanes of at least 4 members (excludes halogenated alkanes) is 2. The summed E-state index contributed by atoms with van der Waals surface area (Å²) in [5.41, 5.74) is 0. The van der Waals surface area contributed by atoms with Gasteiger partial charge in [-0.2, -0.15) is 0 Å². The zero-order chi connectivity index (χ0) is 7.82.